The quantitative estimate of drug-likeness (QED) is 0.541. The molecule has 3 aromatic rings. The number of morpholine rings is 1. The van der Waals surface area contributed by atoms with Crippen molar-refractivity contribution >= 4 is 51.4 Å². The molecule has 0 atom stereocenters. The minimum absolute atomic E-state index is 0.00390. The van der Waals surface area contributed by atoms with Gasteiger partial charge in [-0.3, -0.25) is 9.78 Å². The average Bonchev–Trinajstić information content (AvgIpc) is 2.85. The first-order chi connectivity index (χ1) is 16.0. The third kappa shape index (κ3) is 4.47. The van der Waals surface area contributed by atoms with E-state index in [9.17, 15) is 4.79 Å². The van der Waals surface area contributed by atoms with E-state index >= 15 is 0 Å². The summed E-state index contributed by atoms with van der Waals surface area (Å²) in [6.07, 6.45) is 1.72. The highest BCUT2D eigenvalue weighted by atomic mass is 35.5. The number of hydrogen-bond acceptors (Lipinski definition) is 5. The van der Waals surface area contributed by atoms with Crippen LogP contribution in [0.4, 0.5) is 11.4 Å². The van der Waals surface area contributed by atoms with E-state index in [1.807, 2.05) is 35.2 Å². The summed E-state index contributed by atoms with van der Waals surface area (Å²) in [5.74, 6) is -0.00390. The summed E-state index contributed by atoms with van der Waals surface area (Å²) >= 11 is 12.6. The van der Waals surface area contributed by atoms with Crippen molar-refractivity contribution in [2.75, 3.05) is 62.3 Å². The van der Waals surface area contributed by atoms with Crippen molar-refractivity contribution in [2.24, 2.45) is 0 Å². The summed E-state index contributed by atoms with van der Waals surface area (Å²) in [6, 6.07) is 11.7. The molecule has 0 N–H and O–H groups in total. The molecule has 2 aromatic carbocycles. The van der Waals surface area contributed by atoms with Crippen molar-refractivity contribution in [2.45, 2.75) is 6.92 Å². The van der Waals surface area contributed by atoms with Gasteiger partial charge in [0, 0.05) is 66.6 Å². The van der Waals surface area contributed by atoms with Crippen LogP contribution in [-0.2, 0) is 4.74 Å². The molecule has 3 heterocycles. The molecule has 1 aromatic heterocycles. The Kier molecular flexibility index (Phi) is 6.32. The van der Waals surface area contributed by atoms with E-state index in [-0.39, 0.29) is 5.91 Å². The molecule has 2 saturated heterocycles. The molecule has 33 heavy (non-hydrogen) atoms. The Morgan fingerprint density at radius 1 is 0.909 bits per heavy atom. The van der Waals surface area contributed by atoms with Crippen LogP contribution in [0.3, 0.4) is 0 Å². The van der Waals surface area contributed by atoms with E-state index in [1.54, 1.807) is 6.20 Å². The van der Waals surface area contributed by atoms with Crippen molar-refractivity contribution in [3.63, 3.8) is 0 Å². The minimum atomic E-state index is -0.00390. The smallest absolute Gasteiger partial charge is 0.257 e. The molecule has 0 unspecified atom stereocenters. The monoisotopic (exact) mass is 484 g/mol. The molecule has 0 spiro atoms. The molecule has 2 aliphatic rings. The van der Waals surface area contributed by atoms with Crippen LogP contribution in [0.15, 0.2) is 42.6 Å². The van der Waals surface area contributed by atoms with Crippen LogP contribution in [0.2, 0.25) is 10.0 Å². The number of amides is 1. The summed E-state index contributed by atoms with van der Waals surface area (Å²) < 4.78 is 5.44. The van der Waals surface area contributed by atoms with Crippen LogP contribution < -0.4 is 9.80 Å². The second kappa shape index (κ2) is 9.37. The van der Waals surface area contributed by atoms with Gasteiger partial charge >= 0.3 is 0 Å². The molecule has 1 amide bonds. The fraction of sp³-hybridized carbons (Fsp3) is 0.360. The van der Waals surface area contributed by atoms with Crippen molar-refractivity contribution in [3.05, 3.63) is 63.8 Å². The molecule has 172 valence electrons. The number of anilines is 2. The van der Waals surface area contributed by atoms with Gasteiger partial charge in [-0.2, -0.15) is 0 Å². The molecule has 0 bridgehead atoms. The Bertz CT molecular complexity index is 1190. The number of aromatic nitrogens is 1. The highest BCUT2D eigenvalue weighted by Crippen LogP contribution is 2.34. The first-order valence-corrected chi connectivity index (χ1v) is 12.0. The van der Waals surface area contributed by atoms with Gasteiger partial charge in [-0.15, -0.1) is 0 Å². The van der Waals surface area contributed by atoms with Crippen molar-refractivity contribution in [1.29, 1.82) is 0 Å². The van der Waals surface area contributed by atoms with E-state index < -0.39 is 0 Å². The summed E-state index contributed by atoms with van der Waals surface area (Å²) in [5.41, 5.74) is 4.74. The van der Waals surface area contributed by atoms with Gasteiger partial charge in [-0.05, 0) is 42.8 Å². The number of aryl methyl sites for hydroxylation is 1. The van der Waals surface area contributed by atoms with Crippen molar-refractivity contribution in [1.82, 2.24) is 9.88 Å². The number of carbonyl (C=O) groups is 1. The van der Waals surface area contributed by atoms with E-state index in [4.69, 9.17) is 27.9 Å². The Morgan fingerprint density at radius 2 is 1.58 bits per heavy atom. The van der Waals surface area contributed by atoms with Gasteiger partial charge in [0.05, 0.1) is 30.0 Å². The number of rotatable bonds is 3. The number of pyridine rings is 1. The molecule has 0 radical (unpaired) electrons. The lowest BCUT2D eigenvalue weighted by molar-refractivity contribution is 0.0303. The van der Waals surface area contributed by atoms with Gasteiger partial charge in [0.15, 0.2) is 0 Å². The Morgan fingerprint density at radius 3 is 2.33 bits per heavy atom. The normalized spacial score (nSPS) is 17.0. The second-order valence-corrected chi connectivity index (χ2v) is 9.36. The van der Waals surface area contributed by atoms with Gasteiger partial charge in [-0.25, -0.2) is 0 Å². The molecule has 0 saturated carbocycles. The summed E-state index contributed by atoms with van der Waals surface area (Å²) in [5, 5.41) is 2.29. The maximum absolute atomic E-state index is 13.5. The fourth-order valence-electron chi connectivity index (χ4n) is 4.68. The zero-order chi connectivity index (χ0) is 22.9. The predicted molar refractivity (Wildman–Crippen MR) is 134 cm³/mol. The lowest BCUT2D eigenvalue weighted by Gasteiger charge is -2.39. The van der Waals surface area contributed by atoms with Crippen LogP contribution in [0.1, 0.15) is 15.9 Å². The first-order valence-electron chi connectivity index (χ1n) is 11.2. The van der Waals surface area contributed by atoms with Crippen molar-refractivity contribution < 1.29 is 9.53 Å². The zero-order valence-electron chi connectivity index (χ0n) is 18.6. The number of hydrogen-bond donors (Lipinski definition) is 0. The van der Waals surface area contributed by atoms with Crippen LogP contribution in [-0.4, -0.2) is 68.3 Å². The molecule has 6 nitrogen and oxygen atoms in total. The molecular weight excluding hydrogens is 459 g/mol. The fourth-order valence-corrected chi connectivity index (χ4v) is 5.02. The van der Waals surface area contributed by atoms with E-state index in [2.05, 4.69) is 27.8 Å². The van der Waals surface area contributed by atoms with E-state index in [0.29, 0.717) is 36.9 Å². The molecule has 8 heteroatoms. The lowest BCUT2D eigenvalue weighted by Crippen LogP contribution is -2.48. The number of piperazine rings is 1. The second-order valence-electron chi connectivity index (χ2n) is 8.49. The van der Waals surface area contributed by atoms with Gasteiger partial charge < -0.3 is 19.4 Å². The number of benzene rings is 2. The summed E-state index contributed by atoms with van der Waals surface area (Å²) in [4.78, 5) is 24.6. The molecule has 5 rings (SSSR count). The van der Waals surface area contributed by atoms with Crippen LogP contribution >= 0.6 is 23.2 Å². The SMILES string of the molecule is Cc1ccc(Cl)cc1N1CCN(c2c(C(=O)N3CCOCC3)cnc3ccc(Cl)cc23)CC1. The number of nitrogens with zero attached hydrogens (tertiary/aromatic N) is 4. The van der Waals surface area contributed by atoms with Crippen molar-refractivity contribution in [3.8, 4) is 0 Å². The average molecular weight is 485 g/mol. The number of ether oxygens (including phenoxy) is 1. The topological polar surface area (TPSA) is 48.9 Å². The maximum Gasteiger partial charge on any atom is 0.257 e. The highest BCUT2D eigenvalue weighted by molar-refractivity contribution is 6.31. The minimum Gasteiger partial charge on any atom is -0.378 e. The van der Waals surface area contributed by atoms with Gasteiger partial charge in [0.2, 0.25) is 0 Å². The van der Waals surface area contributed by atoms with Gasteiger partial charge in [0.1, 0.15) is 0 Å². The third-order valence-electron chi connectivity index (χ3n) is 6.44. The summed E-state index contributed by atoms with van der Waals surface area (Å²) in [6.45, 7) is 7.63. The Labute approximate surface area is 203 Å². The number of halogens is 2. The molecular formula is C25H26Cl2N4O2. The summed E-state index contributed by atoms with van der Waals surface area (Å²) in [7, 11) is 0. The van der Waals surface area contributed by atoms with E-state index in [0.717, 1.165) is 53.5 Å². The first kappa shape index (κ1) is 22.3. The standard InChI is InChI=1S/C25H26Cl2N4O2/c1-17-2-3-19(27)15-23(17)29-6-8-30(9-7-29)24-20-14-18(26)4-5-22(20)28-16-21(24)25(32)31-10-12-33-13-11-31/h2-5,14-16H,6-13H2,1H3. The van der Waals surface area contributed by atoms with Crippen LogP contribution in [0.25, 0.3) is 10.9 Å². The third-order valence-corrected chi connectivity index (χ3v) is 6.91. The Balaban J connectivity index is 1.49. The van der Waals surface area contributed by atoms with Crippen LogP contribution in [0, 0.1) is 6.92 Å². The van der Waals surface area contributed by atoms with Crippen LogP contribution in [0.5, 0.6) is 0 Å². The highest BCUT2D eigenvalue weighted by Gasteiger charge is 2.28. The predicted octanol–water partition coefficient (Wildman–Crippen LogP) is 4.65. The lowest BCUT2D eigenvalue weighted by atomic mass is 10.1. The van der Waals surface area contributed by atoms with Gasteiger partial charge in [0.25, 0.3) is 5.91 Å². The molecule has 2 fully saturated rings. The number of fused-ring (bicyclic) bond motifs is 1. The zero-order valence-corrected chi connectivity index (χ0v) is 20.1. The van der Waals surface area contributed by atoms with E-state index in [1.165, 1.54) is 5.56 Å². The Hall–Kier alpha value is -2.54. The largest absolute Gasteiger partial charge is 0.378 e. The van der Waals surface area contributed by atoms with Gasteiger partial charge in [-0.1, -0.05) is 29.3 Å². The maximum atomic E-state index is 13.5. The molecule has 2 aliphatic heterocycles. The number of carbonyl (C=O) groups excluding carboxylic acids is 1. The molecule has 0 aliphatic carbocycles.